The van der Waals surface area contributed by atoms with Gasteiger partial charge in [0.05, 0.1) is 29.9 Å². The summed E-state index contributed by atoms with van der Waals surface area (Å²) in [4.78, 5) is 28.7. The van der Waals surface area contributed by atoms with Crippen molar-refractivity contribution in [3.8, 4) is 17.2 Å². The SMILES string of the molecule is C=CC(=O)N1CCC(n2cnc3c(N4CC(C)(N(C)C)C4)nc4c(F)c(-c5cccc6cccc(Cl)c56)c(C)cc4c32)C[C@H]1CC#N. The molecule has 8 nitrogen and oxygen atoms in total. The van der Waals surface area contributed by atoms with Crippen LogP contribution in [0.4, 0.5) is 10.2 Å². The van der Waals surface area contributed by atoms with Gasteiger partial charge >= 0.3 is 0 Å². The second-order valence-electron chi connectivity index (χ2n) is 13.4. The lowest BCUT2D eigenvalue weighted by atomic mass is 9.90. The number of likely N-dealkylation sites (tertiary alicyclic amines) is 1. The van der Waals surface area contributed by atoms with E-state index in [0.29, 0.717) is 41.2 Å². The molecule has 1 amide bonds. The van der Waals surface area contributed by atoms with Crippen molar-refractivity contribution in [1.29, 1.82) is 5.26 Å². The number of imidazole rings is 1. The molecular formula is C37H37ClFN7O. The van der Waals surface area contributed by atoms with Crippen LogP contribution in [0.25, 0.3) is 43.8 Å². The zero-order valence-corrected chi connectivity index (χ0v) is 27.9. The normalized spacial score (nSPS) is 19.4. The maximum Gasteiger partial charge on any atom is 0.246 e. The van der Waals surface area contributed by atoms with Gasteiger partial charge in [-0.2, -0.15) is 5.26 Å². The second-order valence-corrected chi connectivity index (χ2v) is 13.8. The molecule has 0 radical (unpaired) electrons. The lowest BCUT2D eigenvalue weighted by molar-refractivity contribution is -0.130. The van der Waals surface area contributed by atoms with Crippen LogP contribution in [0.3, 0.4) is 0 Å². The fraction of sp³-hybridized carbons (Fsp3) is 0.351. The van der Waals surface area contributed by atoms with Gasteiger partial charge in [-0.05, 0) is 75.5 Å². The number of nitrogens with zero attached hydrogens (tertiary/aromatic N) is 7. The summed E-state index contributed by atoms with van der Waals surface area (Å²) in [7, 11) is 4.14. The van der Waals surface area contributed by atoms with Crippen molar-refractivity contribution < 1.29 is 9.18 Å². The third-order valence-corrected chi connectivity index (χ3v) is 10.7. The predicted octanol–water partition coefficient (Wildman–Crippen LogP) is 7.28. The summed E-state index contributed by atoms with van der Waals surface area (Å²) in [6, 6.07) is 15.5. The smallest absolute Gasteiger partial charge is 0.246 e. The predicted molar refractivity (Wildman–Crippen MR) is 186 cm³/mol. The standard InChI is InChI=1S/C37H37ClFN7O/c1-6-29(47)45-16-14-25(18-24(45)13-15-40)46-21-41-34-35(46)27-17-22(2)30(26-11-7-9-23-10-8-12-28(38)31(23)26)32(39)33(27)42-36(34)44-19-37(3,20-44)43(4)5/h6-12,17,21,24-25H,1,13-14,16,18-20H2,2-5H3/t24-,25?/m1/s1. The molecule has 2 saturated heterocycles. The topological polar surface area (TPSA) is 81.3 Å². The summed E-state index contributed by atoms with van der Waals surface area (Å²) in [6.07, 6.45) is 4.60. The highest BCUT2D eigenvalue weighted by Gasteiger charge is 2.43. The first-order valence-electron chi connectivity index (χ1n) is 16.0. The first-order chi connectivity index (χ1) is 22.6. The Morgan fingerprint density at radius 3 is 2.68 bits per heavy atom. The summed E-state index contributed by atoms with van der Waals surface area (Å²) in [5, 5.41) is 12.6. The van der Waals surface area contributed by atoms with Crippen LogP contribution >= 0.6 is 11.6 Å². The van der Waals surface area contributed by atoms with Crippen LogP contribution in [0, 0.1) is 24.1 Å². The van der Waals surface area contributed by atoms with Crippen LogP contribution in [-0.4, -0.2) is 75.6 Å². The summed E-state index contributed by atoms with van der Waals surface area (Å²) in [5.74, 6) is 0.0904. The summed E-state index contributed by atoms with van der Waals surface area (Å²) in [5.41, 5.74) is 3.75. The Morgan fingerprint density at radius 2 is 1.98 bits per heavy atom. The lowest BCUT2D eigenvalue weighted by Crippen LogP contribution is -2.67. The molecule has 2 aromatic heterocycles. The third kappa shape index (κ3) is 4.93. The number of likely N-dealkylation sites (N-methyl/N-ethyl adjacent to an activating group) is 1. The van der Waals surface area contributed by atoms with Crippen molar-refractivity contribution in [3.05, 3.63) is 77.9 Å². The number of carbonyl (C=O) groups is 1. The molecule has 2 aliphatic rings. The Labute approximate surface area is 278 Å². The summed E-state index contributed by atoms with van der Waals surface area (Å²) >= 11 is 6.71. The Hall–Kier alpha value is -4.52. The van der Waals surface area contributed by atoms with Gasteiger partial charge in [0.25, 0.3) is 0 Å². The molecule has 0 N–H and O–H groups in total. The number of benzene rings is 3. The van der Waals surface area contributed by atoms with Crippen molar-refractivity contribution in [2.75, 3.05) is 38.6 Å². The maximum absolute atomic E-state index is 17.2. The number of anilines is 1. The van der Waals surface area contributed by atoms with Crippen LogP contribution in [0.15, 0.2) is 61.4 Å². The highest BCUT2D eigenvalue weighted by atomic mass is 35.5. The van der Waals surface area contributed by atoms with Crippen molar-refractivity contribution in [1.82, 2.24) is 24.3 Å². The minimum atomic E-state index is -0.395. The van der Waals surface area contributed by atoms with E-state index in [1.54, 1.807) is 4.90 Å². The van der Waals surface area contributed by atoms with Gasteiger partial charge in [0.15, 0.2) is 11.6 Å². The highest BCUT2D eigenvalue weighted by molar-refractivity contribution is 6.36. The van der Waals surface area contributed by atoms with E-state index in [1.807, 2.05) is 55.7 Å². The molecule has 7 rings (SSSR count). The summed E-state index contributed by atoms with van der Waals surface area (Å²) in [6.45, 7) is 9.74. The Kier molecular flexibility index (Phi) is 7.69. The zero-order valence-electron chi connectivity index (χ0n) is 27.1. The fourth-order valence-electron chi connectivity index (χ4n) is 7.54. The van der Waals surface area contributed by atoms with Crippen LogP contribution in [0.1, 0.15) is 37.8 Å². The molecule has 47 heavy (non-hydrogen) atoms. The lowest BCUT2D eigenvalue weighted by Gasteiger charge is -2.52. The molecule has 3 aromatic carbocycles. The van der Waals surface area contributed by atoms with Crippen molar-refractivity contribution in [3.63, 3.8) is 0 Å². The quantitative estimate of drug-likeness (QED) is 0.180. The molecule has 2 aliphatic heterocycles. The zero-order chi connectivity index (χ0) is 33.2. The molecule has 0 bridgehead atoms. The number of pyridine rings is 1. The first-order valence-corrected chi connectivity index (χ1v) is 16.3. The largest absolute Gasteiger partial charge is 0.351 e. The number of hydrogen-bond donors (Lipinski definition) is 0. The van der Waals surface area contributed by atoms with E-state index < -0.39 is 5.82 Å². The van der Waals surface area contributed by atoms with Gasteiger partial charge in [0.2, 0.25) is 5.91 Å². The number of amides is 1. The molecule has 0 spiro atoms. The number of halogens is 2. The van der Waals surface area contributed by atoms with E-state index in [4.69, 9.17) is 21.6 Å². The van der Waals surface area contributed by atoms with Gasteiger partial charge < -0.3 is 19.3 Å². The van der Waals surface area contributed by atoms with Crippen molar-refractivity contribution in [2.24, 2.45) is 0 Å². The molecular weight excluding hydrogens is 613 g/mol. The van der Waals surface area contributed by atoms with Gasteiger partial charge in [-0.25, -0.2) is 14.4 Å². The van der Waals surface area contributed by atoms with Gasteiger partial charge in [-0.1, -0.05) is 48.5 Å². The monoisotopic (exact) mass is 649 g/mol. The number of fused-ring (bicyclic) bond motifs is 4. The third-order valence-electron chi connectivity index (χ3n) is 10.3. The Bertz CT molecular complexity index is 2120. The summed E-state index contributed by atoms with van der Waals surface area (Å²) < 4.78 is 19.3. The molecule has 2 fully saturated rings. The van der Waals surface area contributed by atoms with Crippen LogP contribution in [-0.2, 0) is 4.79 Å². The van der Waals surface area contributed by atoms with Gasteiger partial charge in [0.1, 0.15) is 11.0 Å². The minimum absolute atomic E-state index is 0.0444. The van der Waals surface area contributed by atoms with E-state index in [0.717, 1.165) is 46.0 Å². The fourth-order valence-corrected chi connectivity index (χ4v) is 7.82. The van der Waals surface area contributed by atoms with E-state index in [1.165, 1.54) is 6.08 Å². The molecule has 1 unspecified atom stereocenters. The van der Waals surface area contributed by atoms with Crippen LogP contribution in [0.2, 0.25) is 5.02 Å². The molecule has 2 atom stereocenters. The molecule has 0 aliphatic carbocycles. The number of nitriles is 1. The molecule has 4 heterocycles. The highest BCUT2D eigenvalue weighted by Crippen LogP contribution is 2.44. The van der Waals surface area contributed by atoms with Gasteiger partial charge in [-0.15, -0.1) is 0 Å². The van der Waals surface area contributed by atoms with E-state index in [-0.39, 0.29) is 35.5 Å². The molecule has 10 heteroatoms. The number of hydrogen-bond acceptors (Lipinski definition) is 6. The maximum atomic E-state index is 17.2. The van der Waals surface area contributed by atoms with Gasteiger partial charge in [-0.3, -0.25) is 4.79 Å². The minimum Gasteiger partial charge on any atom is -0.351 e. The van der Waals surface area contributed by atoms with E-state index in [2.05, 4.69) is 48.0 Å². The number of aromatic nitrogens is 3. The van der Waals surface area contributed by atoms with E-state index >= 15 is 4.39 Å². The average Bonchev–Trinajstić information content (AvgIpc) is 3.49. The van der Waals surface area contributed by atoms with Crippen LogP contribution < -0.4 is 4.90 Å². The first kappa shape index (κ1) is 31.1. The molecule has 0 saturated carbocycles. The number of rotatable bonds is 6. The second kappa shape index (κ2) is 11.6. The van der Waals surface area contributed by atoms with Crippen molar-refractivity contribution in [2.45, 2.75) is 50.7 Å². The van der Waals surface area contributed by atoms with Crippen molar-refractivity contribution >= 4 is 56.0 Å². The number of carbonyl (C=O) groups excluding carboxylic acids is 1. The molecule has 240 valence electrons. The number of aryl methyl sites for hydroxylation is 1. The Balaban J connectivity index is 1.45. The van der Waals surface area contributed by atoms with E-state index in [9.17, 15) is 10.1 Å². The Morgan fingerprint density at radius 1 is 1.23 bits per heavy atom. The molecule has 5 aromatic rings. The van der Waals surface area contributed by atoms with Gasteiger partial charge in [0, 0.05) is 53.1 Å². The number of piperidine rings is 1. The average molecular weight is 650 g/mol. The van der Waals surface area contributed by atoms with Crippen LogP contribution in [0.5, 0.6) is 0 Å².